The van der Waals surface area contributed by atoms with Gasteiger partial charge >= 0.3 is 0 Å². The molecule has 1 aliphatic rings. The van der Waals surface area contributed by atoms with Gasteiger partial charge in [0.2, 0.25) is 5.91 Å². The van der Waals surface area contributed by atoms with Crippen molar-refractivity contribution in [2.45, 2.75) is 31.9 Å². The highest BCUT2D eigenvalue weighted by atomic mass is 32.2. The number of rotatable bonds is 4. The Balaban J connectivity index is 2.55. The van der Waals surface area contributed by atoms with Crippen LogP contribution in [0.2, 0.25) is 0 Å². The second kappa shape index (κ2) is 5.51. The monoisotopic (exact) mass is 231 g/mol. The van der Waals surface area contributed by atoms with E-state index in [9.17, 15) is 14.7 Å². The highest BCUT2D eigenvalue weighted by Gasteiger charge is 2.35. The molecule has 0 aromatic carbocycles. The molecule has 3 atom stereocenters. The molecule has 1 fully saturated rings. The van der Waals surface area contributed by atoms with Gasteiger partial charge in [-0.15, -0.1) is 0 Å². The van der Waals surface area contributed by atoms with Crippen molar-refractivity contribution < 1.29 is 14.7 Å². The molecule has 86 valence electrons. The number of thioether (sulfide) groups is 1. The average molecular weight is 231 g/mol. The second-order valence-corrected chi connectivity index (χ2v) is 4.86. The Hall–Kier alpha value is -0.550. The van der Waals surface area contributed by atoms with Crippen LogP contribution in [0.3, 0.4) is 0 Å². The predicted octanol–water partition coefficient (Wildman–Crippen LogP) is 0.194. The summed E-state index contributed by atoms with van der Waals surface area (Å²) < 4.78 is 0. The number of hydrogen-bond donors (Lipinski definition) is 2. The lowest BCUT2D eigenvalue weighted by Gasteiger charge is -2.29. The van der Waals surface area contributed by atoms with Crippen molar-refractivity contribution >= 4 is 23.5 Å². The van der Waals surface area contributed by atoms with Crippen molar-refractivity contribution in [3.05, 3.63) is 0 Å². The van der Waals surface area contributed by atoms with E-state index in [0.717, 1.165) is 12.2 Å². The van der Waals surface area contributed by atoms with Crippen molar-refractivity contribution in [3.63, 3.8) is 0 Å². The number of hydrogen-bond acceptors (Lipinski definition) is 4. The number of nitrogens with one attached hydrogen (secondary N) is 1. The summed E-state index contributed by atoms with van der Waals surface area (Å²) in [6, 6.07) is -0.706. The molecular weight excluding hydrogens is 214 g/mol. The summed E-state index contributed by atoms with van der Waals surface area (Å²) in [5, 5.41) is 11.9. The molecule has 4 nitrogen and oxygen atoms in total. The molecule has 1 amide bonds. The number of piperidine rings is 1. The van der Waals surface area contributed by atoms with E-state index in [4.69, 9.17) is 0 Å². The highest BCUT2D eigenvalue weighted by Crippen LogP contribution is 2.19. The molecule has 1 heterocycles. The van der Waals surface area contributed by atoms with Gasteiger partial charge in [-0.05, 0) is 25.4 Å². The molecule has 5 heteroatoms. The van der Waals surface area contributed by atoms with Gasteiger partial charge in [-0.1, -0.05) is 0 Å². The van der Waals surface area contributed by atoms with Crippen LogP contribution >= 0.6 is 11.8 Å². The van der Waals surface area contributed by atoms with Gasteiger partial charge < -0.3 is 10.4 Å². The van der Waals surface area contributed by atoms with Gasteiger partial charge in [0.15, 0.2) is 5.78 Å². The maximum atomic E-state index is 11.6. The minimum atomic E-state index is -0.803. The molecule has 0 aromatic heterocycles. The summed E-state index contributed by atoms with van der Waals surface area (Å²) in [6.07, 6.45) is 2.16. The Kier molecular flexibility index (Phi) is 4.60. The van der Waals surface area contributed by atoms with E-state index in [-0.39, 0.29) is 24.0 Å². The van der Waals surface area contributed by atoms with Crippen LogP contribution in [0.25, 0.3) is 0 Å². The first-order valence-corrected chi connectivity index (χ1v) is 6.45. The molecule has 0 bridgehead atoms. The minimum absolute atomic E-state index is 0.0595. The summed E-state index contributed by atoms with van der Waals surface area (Å²) in [5.41, 5.74) is 0. The zero-order valence-electron chi connectivity index (χ0n) is 9.03. The fourth-order valence-electron chi connectivity index (χ4n) is 1.70. The molecule has 1 aliphatic heterocycles. The summed E-state index contributed by atoms with van der Waals surface area (Å²) in [7, 11) is 0. The first-order chi connectivity index (χ1) is 7.06. The van der Waals surface area contributed by atoms with Crippen molar-refractivity contribution in [1.29, 1.82) is 0 Å². The maximum absolute atomic E-state index is 11.6. The first-order valence-electron chi connectivity index (χ1n) is 5.06. The normalized spacial score (nSPS) is 28.7. The van der Waals surface area contributed by atoms with Crippen molar-refractivity contribution in [1.82, 2.24) is 5.32 Å². The van der Waals surface area contributed by atoms with Crippen LogP contribution in [0, 0.1) is 5.92 Å². The van der Waals surface area contributed by atoms with Gasteiger partial charge in [0.05, 0.1) is 6.10 Å². The summed E-state index contributed by atoms with van der Waals surface area (Å²) >= 11 is 1.66. The Morgan fingerprint density at radius 2 is 2.27 bits per heavy atom. The largest absolute Gasteiger partial charge is 0.391 e. The number of Topliss-reactive ketones (excluding diaryl/α,β-unsaturated/α-hetero) is 1. The van der Waals surface area contributed by atoms with Gasteiger partial charge in [0.25, 0.3) is 0 Å². The van der Waals surface area contributed by atoms with Crippen LogP contribution in [-0.2, 0) is 9.59 Å². The number of carbonyl (C=O) groups excluding carboxylic acids is 2. The van der Waals surface area contributed by atoms with Gasteiger partial charge in [-0.3, -0.25) is 9.59 Å². The van der Waals surface area contributed by atoms with Crippen LogP contribution in [-0.4, -0.2) is 41.0 Å². The van der Waals surface area contributed by atoms with Crippen molar-refractivity contribution in [3.8, 4) is 0 Å². The van der Waals surface area contributed by atoms with Crippen molar-refractivity contribution in [2.75, 3.05) is 12.0 Å². The minimum Gasteiger partial charge on any atom is -0.391 e. The number of ketones is 1. The second-order valence-electron chi connectivity index (χ2n) is 3.88. The number of aliphatic hydroxyl groups is 1. The molecule has 0 unspecified atom stereocenters. The fraction of sp³-hybridized carbons (Fsp3) is 0.800. The fourth-order valence-corrected chi connectivity index (χ4v) is 2.22. The summed E-state index contributed by atoms with van der Waals surface area (Å²) in [4.78, 5) is 23.2. The van der Waals surface area contributed by atoms with E-state index in [1.54, 1.807) is 11.8 Å². The molecule has 1 rings (SSSR count). The Morgan fingerprint density at radius 1 is 1.60 bits per heavy atom. The summed E-state index contributed by atoms with van der Waals surface area (Å²) in [6.45, 7) is 1.52. The van der Waals surface area contributed by atoms with Crippen LogP contribution in [0.5, 0.6) is 0 Å². The maximum Gasteiger partial charge on any atom is 0.224 e. The Morgan fingerprint density at radius 3 is 2.80 bits per heavy atom. The van der Waals surface area contributed by atoms with Gasteiger partial charge in [0, 0.05) is 12.3 Å². The SMILES string of the molecule is CSCC[C@H]1CC(=O)[C@H]([C@@H](C)O)NC1=O. The quantitative estimate of drug-likeness (QED) is 0.725. The molecule has 1 saturated heterocycles. The van der Waals surface area contributed by atoms with E-state index in [1.807, 2.05) is 6.26 Å². The number of carbonyl (C=O) groups is 2. The molecule has 0 saturated carbocycles. The summed E-state index contributed by atoms with van der Waals surface area (Å²) in [5.74, 6) is 0.509. The van der Waals surface area contributed by atoms with Crippen LogP contribution in [0.1, 0.15) is 19.8 Å². The molecule has 0 radical (unpaired) electrons. The zero-order chi connectivity index (χ0) is 11.4. The van der Waals surface area contributed by atoms with E-state index >= 15 is 0 Å². The molecule has 15 heavy (non-hydrogen) atoms. The van der Waals surface area contributed by atoms with Gasteiger partial charge in [-0.2, -0.15) is 11.8 Å². The number of amides is 1. The lowest BCUT2D eigenvalue weighted by atomic mass is 9.89. The first kappa shape index (κ1) is 12.5. The zero-order valence-corrected chi connectivity index (χ0v) is 9.84. The Bertz CT molecular complexity index is 255. The third-order valence-corrected chi connectivity index (χ3v) is 3.26. The van der Waals surface area contributed by atoms with Gasteiger partial charge in [-0.25, -0.2) is 0 Å². The third-order valence-electron chi connectivity index (χ3n) is 2.62. The average Bonchev–Trinajstić information content (AvgIpc) is 2.18. The van der Waals surface area contributed by atoms with E-state index < -0.39 is 12.1 Å². The standard InChI is InChI=1S/C10H17NO3S/c1-6(12)9-8(13)5-7(3-4-15-2)10(14)11-9/h6-7,9,12H,3-5H2,1-2H3,(H,11,14)/t6-,7+,9+/m1/s1. The molecule has 2 N–H and O–H groups in total. The van der Waals surface area contributed by atoms with Crippen LogP contribution in [0.15, 0.2) is 0 Å². The lowest BCUT2D eigenvalue weighted by molar-refractivity contribution is -0.139. The Labute approximate surface area is 93.8 Å². The van der Waals surface area contributed by atoms with E-state index in [1.165, 1.54) is 6.92 Å². The highest BCUT2D eigenvalue weighted by molar-refractivity contribution is 7.98. The van der Waals surface area contributed by atoms with Gasteiger partial charge in [0.1, 0.15) is 6.04 Å². The topological polar surface area (TPSA) is 66.4 Å². The molecular formula is C10H17NO3S. The third kappa shape index (κ3) is 3.21. The van der Waals surface area contributed by atoms with Crippen LogP contribution < -0.4 is 5.32 Å². The molecule has 0 aliphatic carbocycles. The number of aliphatic hydroxyl groups excluding tert-OH is 1. The smallest absolute Gasteiger partial charge is 0.224 e. The predicted molar refractivity (Wildman–Crippen MR) is 59.7 cm³/mol. The van der Waals surface area contributed by atoms with E-state index in [0.29, 0.717) is 0 Å². The van der Waals surface area contributed by atoms with Crippen molar-refractivity contribution in [2.24, 2.45) is 5.92 Å². The lowest BCUT2D eigenvalue weighted by Crippen LogP contribution is -2.54. The molecule has 0 spiro atoms. The van der Waals surface area contributed by atoms with E-state index in [2.05, 4.69) is 5.32 Å². The molecule has 0 aromatic rings. The van der Waals surface area contributed by atoms with Crippen LogP contribution in [0.4, 0.5) is 0 Å².